The maximum Gasteiger partial charge on any atom is 0.407 e. The topological polar surface area (TPSA) is 209 Å². The van der Waals surface area contributed by atoms with E-state index in [0.717, 1.165) is 57.8 Å². The molecule has 4 aliphatic rings. The standard InChI is InChI=1S/C33H51N5O9/c1-18(2)17-47-33(46)38-26(21-6-4-3-5-7-21)30(42)36-24(15-20-10-11-20)29(41)35-23(14-19-8-9-19)28(40)31(43)34-16-25(39)37-27(32(44)45)22-12-13-22/h18-24,26-27H,3-17H2,1-2H3,(H,34,43)(H,35,41)(H,36,42)(H,37,39)(H,38,46)(H,44,45)/t23?,24-,26-,27?/m0/s1. The van der Waals surface area contributed by atoms with Crippen LogP contribution in [-0.4, -0.2) is 83.9 Å². The predicted molar refractivity (Wildman–Crippen MR) is 169 cm³/mol. The smallest absolute Gasteiger partial charge is 0.407 e. The average Bonchev–Trinajstić information content (AvgIpc) is 3.87. The van der Waals surface area contributed by atoms with Crippen molar-refractivity contribution < 1.29 is 43.4 Å². The van der Waals surface area contributed by atoms with Gasteiger partial charge in [-0.15, -0.1) is 0 Å². The molecule has 0 aliphatic heterocycles. The Morgan fingerprint density at radius 3 is 1.81 bits per heavy atom. The number of nitrogens with one attached hydrogen (secondary N) is 5. The quantitative estimate of drug-likeness (QED) is 0.111. The van der Waals surface area contributed by atoms with Crippen LogP contribution in [-0.2, 0) is 33.5 Å². The van der Waals surface area contributed by atoms with E-state index in [2.05, 4.69) is 26.6 Å². The summed E-state index contributed by atoms with van der Waals surface area (Å²) in [5.41, 5.74) is 0. The molecule has 4 aliphatic carbocycles. The molecule has 5 amide bonds. The second-order valence-corrected chi connectivity index (χ2v) is 14.3. The summed E-state index contributed by atoms with van der Waals surface area (Å²) in [6.07, 6.45) is 9.23. The molecule has 0 spiro atoms. The summed E-state index contributed by atoms with van der Waals surface area (Å²) >= 11 is 0. The fourth-order valence-corrected chi connectivity index (χ4v) is 6.09. The molecule has 0 aromatic heterocycles. The van der Waals surface area contributed by atoms with Crippen molar-refractivity contribution >= 4 is 41.5 Å². The van der Waals surface area contributed by atoms with E-state index in [0.29, 0.717) is 19.3 Å². The number of ether oxygens (including phenoxy) is 1. The number of Topliss-reactive ketones (excluding diaryl/α,β-unsaturated/α-hetero) is 1. The molecule has 262 valence electrons. The molecule has 0 heterocycles. The summed E-state index contributed by atoms with van der Waals surface area (Å²) in [5, 5.41) is 22.3. The van der Waals surface area contributed by atoms with Gasteiger partial charge in [0.1, 0.15) is 18.1 Å². The minimum atomic E-state index is -1.16. The molecule has 4 fully saturated rings. The van der Waals surface area contributed by atoms with Crippen molar-refractivity contribution in [2.24, 2.45) is 29.6 Å². The van der Waals surface area contributed by atoms with E-state index in [1.807, 2.05) is 13.8 Å². The molecule has 0 saturated heterocycles. The molecule has 4 saturated carbocycles. The number of rotatable bonds is 19. The second kappa shape index (κ2) is 16.9. The monoisotopic (exact) mass is 661 g/mol. The van der Waals surface area contributed by atoms with Gasteiger partial charge in [0, 0.05) is 0 Å². The zero-order valence-electron chi connectivity index (χ0n) is 27.5. The summed E-state index contributed by atoms with van der Waals surface area (Å²) in [5.74, 6) is -4.69. The summed E-state index contributed by atoms with van der Waals surface area (Å²) in [7, 11) is 0. The van der Waals surface area contributed by atoms with Gasteiger partial charge < -0.3 is 36.4 Å². The Bertz CT molecular complexity index is 1170. The number of alkyl carbamates (subject to hydrolysis) is 1. The van der Waals surface area contributed by atoms with Gasteiger partial charge in [0.2, 0.25) is 23.5 Å². The number of hydrogen-bond donors (Lipinski definition) is 6. The van der Waals surface area contributed by atoms with Crippen LogP contribution in [0.3, 0.4) is 0 Å². The van der Waals surface area contributed by atoms with E-state index in [4.69, 9.17) is 4.74 Å². The molecule has 2 unspecified atom stereocenters. The van der Waals surface area contributed by atoms with Crippen molar-refractivity contribution in [1.82, 2.24) is 26.6 Å². The zero-order valence-corrected chi connectivity index (χ0v) is 27.5. The molecule has 14 nitrogen and oxygen atoms in total. The first-order valence-electron chi connectivity index (χ1n) is 17.3. The summed E-state index contributed by atoms with van der Waals surface area (Å²) in [4.78, 5) is 89.7. The third-order valence-electron chi connectivity index (χ3n) is 9.33. The van der Waals surface area contributed by atoms with E-state index >= 15 is 0 Å². The molecule has 0 aromatic carbocycles. The number of carboxylic acid groups (broad SMARTS) is 1. The maximum atomic E-state index is 13.7. The van der Waals surface area contributed by atoms with Crippen molar-refractivity contribution in [3.05, 3.63) is 0 Å². The lowest BCUT2D eigenvalue weighted by Crippen LogP contribution is -2.58. The summed E-state index contributed by atoms with van der Waals surface area (Å²) in [6, 6.07) is -4.07. The SMILES string of the molecule is CC(C)COC(=O)N[C@H](C(=O)N[C@@H](CC1CC1)C(=O)NC(CC1CC1)C(=O)C(=O)NCC(=O)NC(C(=O)O)C1CC1)C1CCCCC1. The van der Waals surface area contributed by atoms with E-state index < -0.39 is 72.2 Å². The molecule has 47 heavy (non-hydrogen) atoms. The molecule has 0 radical (unpaired) electrons. The van der Waals surface area contributed by atoms with Crippen molar-refractivity contribution in [3.63, 3.8) is 0 Å². The van der Waals surface area contributed by atoms with Crippen LogP contribution in [0.2, 0.25) is 0 Å². The highest BCUT2D eigenvalue weighted by Crippen LogP contribution is 2.35. The summed E-state index contributed by atoms with van der Waals surface area (Å²) in [6.45, 7) is 3.44. The number of carbonyl (C=O) groups is 7. The first kappa shape index (κ1) is 36.1. The van der Waals surface area contributed by atoms with Crippen molar-refractivity contribution in [2.75, 3.05) is 13.2 Å². The van der Waals surface area contributed by atoms with E-state index in [-0.39, 0.29) is 42.6 Å². The Balaban J connectivity index is 1.37. The molecule has 0 aromatic rings. The van der Waals surface area contributed by atoms with Gasteiger partial charge in [0.25, 0.3) is 5.91 Å². The lowest BCUT2D eigenvalue weighted by Gasteiger charge is -2.31. The van der Waals surface area contributed by atoms with Crippen LogP contribution in [0.25, 0.3) is 0 Å². The van der Waals surface area contributed by atoms with Gasteiger partial charge in [-0.3, -0.25) is 24.0 Å². The van der Waals surface area contributed by atoms with Crippen molar-refractivity contribution in [3.8, 4) is 0 Å². The minimum absolute atomic E-state index is 0.111. The lowest BCUT2D eigenvalue weighted by molar-refractivity contribution is -0.143. The molecule has 14 heteroatoms. The zero-order chi connectivity index (χ0) is 34.1. The molecule has 4 rings (SSSR count). The van der Waals surface area contributed by atoms with Crippen LogP contribution >= 0.6 is 0 Å². The number of hydrogen-bond acceptors (Lipinski definition) is 8. The van der Waals surface area contributed by atoms with Crippen LogP contribution in [0.5, 0.6) is 0 Å². The van der Waals surface area contributed by atoms with Crippen LogP contribution < -0.4 is 26.6 Å². The molecule has 0 bridgehead atoms. The van der Waals surface area contributed by atoms with Gasteiger partial charge >= 0.3 is 12.1 Å². The van der Waals surface area contributed by atoms with Gasteiger partial charge in [-0.25, -0.2) is 9.59 Å². The third-order valence-corrected chi connectivity index (χ3v) is 9.33. The fraction of sp³-hybridized carbons (Fsp3) is 0.788. The number of carboxylic acids is 1. The Labute approximate surface area is 275 Å². The number of amides is 5. The Morgan fingerprint density at radius 1 is 0.681 bits per heavy atom. The number of ketones is 1. The van der Waals surface area contributed by atoms with Gasteiger partial charge in [-0.2, -0.15) is 0 Å². The maximum absolute atomic E-state index is 13.7. The van der Waals surface area contributed by atoms with Crippen LogP contribution in [0.4, 0.5) is 4.79 Å². The molecular weight excluding hydrogens is 610 g/mol. The molecular formula is C33H51N5O9. The van der Waals surface area contributed by atoms with Gasteiger partial charge in [-0.1, -0.05) is 58.8 Å². The fourth-order valence-electron chi connectivity index (χ4n) is 6.09. The van der Waals surface area contributed by atoms with E-state index in [1.165, 1.54) is 0 Å². The van der Waals surface area contributed by atoms with Crippen LogP contribution in [0.15, 0.2) is 0 Å². The third kappa shape index (κ3) is 12.1. The summed E-state index contributed by atoms with van der Waals surface area (Å²) < 4.78 is 5.29. The second-order valence-electron chi connectivity index (χ2n) is 14.3. The minimum Gasteiger partial charge on any atom is -0.480 e. The normalized spacial score (nSPS) is 20.6. The van der Waals surface area contributed by atoms with Gasteiger partial charge in [0.15, 0.2) is 0 Å². The largest absolute Gasteiger partial charge is 0.480 e. The van der Waals surface area contributed by atoms with Crippen molar-refractivity contribution in [1.29, 1.82) is 0 Å². The first-order valence-corrected chi connectivity index (χ1v) is 17.3. The average molecular weight is 662 g/mol. The highest BCUT2D eigenvalue weighted by molar-refractivity contribution is 6.38. The number of aliphatic carboxylic acids is 1. The predicted octanol–water partition coefficient (Wildman–Crippen LogP) is 1.55. The van der Waals surface area contributed by atoms with E-state index in [1.54, 1.807) is 0 Å². The van der Waals surface area contributed by atoms with Gasteiger partial charge in [-0.05, 0) is 68.1 Å². The molecule has 4 atom stereocenters. The van der Waals surface area contributed by atoms with Gasteiger partial charge in [0.05, 0.1) is 19.2 Å². The van der Waals surface area contributed by atoms with Crippen LogP contribution in [0, 0.1) is 29.6 Å². The Kier molecular flexibility index (Phi) is 13.0. The molecule has 6 N–H and O–H groups in total. The highest BCUT2D eigenvalue weighted by atomic mass is 16.5. The number of carbonyl (C=O) groups excluding carboxylic acids is 6. The van der Waals surface area contributed by atoms with Crippen molar-refractivity contribution in [2.45, 2.75) is 121 Å². The highest BCUT2D eigenvalue weighted by Gasteiger charge is 2.40. The lowest BCUT2D eigenvalue weighted by atomic mass is 9.83. The Morgan fingerprint density at radius 2 is 1.26 bits per heavy atom. The first-order chi connectivity index (χ1) is 22.4. The Hall–Kier alpha value is -3.71. The van der Waals surface area contributed by atoms with E-state index in [9.17, 15) is 38.7 Å². The van der Waals surface area contributed by atoms with Crippen LogP contribution in [0.1, 0.15) is 97.3 Å².